The van der Waals surface area contributed by atoms with Gasteiger partial charge in [0.2, 0.25) is 0 Å². The molecule has 0 spiro atoms. The van der Waals surface area contributed by atoms with Crippen LogP contribution < -0.4 is 0 Å². The molecule has 1 aliphatic carbocycles. The molecule has 1 saturated heterocycles. The Kier molecular flexibility index (Phi) is 4.36. The van der Waals surface area contributed by atoms with Gasteiger partial charge in [0.1, 0.15) is 0 Å². The zero-order valence-electron chi connectivity index (χ0n) is 14.2. The van der Waals surface area contributed by atoms with Crippen molar-refractivity contribution in [3.63, 3.8) is 0 Å². The predicted octanol–water partition coefficient (Wildman–Crippen LogP) is 3.31. The number of rotatable bonds is 3. The summed E-state index contributed by atoms with van der Waals surface area (Å²) in [4.78, 5) is 0. The molecule has 1 aromatic carbocycles. The van der Waals surface area contributed by atoms with Crippen LogP contribution in [-0.4, -0.2) is 28.2 Å². The van der Waals surface area contributed by atoms with Crippen LogP contribution in [0.1, 0.15) is 42.5 Å². The number of aromatic nitrogens is 3. The third-order valence-corrected chi connectivity index (χ3v) is 4.82. The van der Waals surface area contributed by atoms with E-state index in [1.807, 2.05) is 4.68 Å². The van der Waals surface area contributed by atoms with Gasteiger partial charge in [-0.3, -0.25) is 0 Å². The first-order valence-corrected chi connectivity index (χ1v) is 8.89. The summed E-state index contributed by atoms with van der Waals surface area (Å²) < 4.78 is 7.32. The van der Waals surface area contributed by atoms with Gasteiger partial charge in [-0.25, -0.2) is 4.68 Å². The van der Waals surface area contributed by atoms with E-state index in [9.17, 15) is 0 Å². The molecule has 1 saturated carbocycles. The highest BCUT2D eigenvalue weighted by Crippen LogP contribution is 2.27. The van der Waals surface area contributed by atoms with E-state index in [0.29, 0.717) is 11.8 Å². The second kappa shape index (κ2) is 6.78. The Hall–Kier alpha value is -2.12. The molecule has 4 rings (SSSR count). The Morgan fingerprint density at radius 2 is 2.04 bits per heavy atom. The second-order valence-electron chi connectivity index (χ2n) is 6.96. The summed E-state index contributed by atoms with van der Waals surface area (Å²) >= 11 is 0. The van der Waals surface area contributed by atoms with Gasteiger partial charge in [-0.2, -0.15) is 0 Å². The molecule has 2 aliphatic rings. The van der Waals surface area contributed by atoms with Crippen molar-refractivity contribution in [3.8, 4) is 17.5 Å². The lowest BCUT2D eigenvalue weighted by Crippen LogP contribution is -2.17. The topological polar surface area (TPSA) is 39.9 Å². The van der Waals surface area contributed by atoms with Gasteiger partial charge in [-0.05, 0) is 68.7 Å². The van der Waals surface area contributed by atoms with Crippen molar-refractivity contribution in [1.29, 1.82) is 0 Å². The van der Waals surface area contributed by atoms with E-state index >= 15 is 0 Å². The van der Waals surface area contributed by atoms with E-state index in [1.54, 1.807) is 0 Å². The number of hydrogen-bond acceptors (Lipinski definition) is 3. The first-order valence-electron chi connectivity index (χ1n) is 8.89. The monoisotopic (exact) mass is 321 g/mol. The fourth-order valence-electron chi connectivity index (χ4n) is 3.16. The molecule has 1 aromatic heterocycles. The molecule has 0 N–H and O–H groups in total. The Balaban J connectivity index is 1.48. The van der Waals surface area contributed by atoms with Crippen LogP contribution in [0.15, 0.2) is 24.4 Å². The molecule has 2 aromatic rings. The summed E-state index contributed by atoms with van der Waals surface area (Å²) in [5.41, 5.74) is 4.42. The molecule has 1 aliphatic heterocycles. The van der Waals surface area contributed by atoms with E-state index in [4.69, 9.17) is 4.74 Å². The van der Waals surface area contributed by atoms with Gasteiger partial charge in [0.25, 0.3) is 0 Å². The van der Waals surface area contributed by atoms with Crippen LogP contribution >= 0.6 is 0 Å². The van der Waals surface area contributed by atoms with E-state index < -0.39 is 0 Å². The maximum atomic E-state index is 5.43. The normalized spacial score (nSPS) is 18.2. The molecule has 4 nitrogen and oxygen atoms in total. The smallest absolute Gasteiger partial charge is 0.0834 e. The summed E-state index contributed by atoms with van der Waals surface area (Å²) in [6.07, 6.45) is 7.83. The van der Waals surface area contributed by atoms with Crippen LogP contribution in [0.25, 0.3) is 5.69 Å². The molecule has 2 fully saturated rings. The minimum absolute atomic E-state index is 0.632. The Morgan fingerprint density at radius 1 is 1.21 bits per heavy atom. The zero-order valence-corrected chi connectivity index (χ0v) is 14.2. The number of benzene rings is 1. The Bertz CT molecular complexity index is 774. The number of nitrogens with zero attached hydrogens (tertiary/aromatic N) is 3. The standard InChI is InChI=1S/C20H23N3O/c1-15-12-17(5-4-16-2-3-16)6-7-20(15)23-14-19(21-22-23)13-18-8-10-24-11-9-18/h6-7,12,14,16,18H,2-3,8-11,13H2,1H3. The first kappa shape index (κ1) is 15.4. The summed E-state index contributed by atoms with van der Waals surface area (Å²) in [6.45, 7) is 3.86. The predicted molar refractivity (Wildman–Crippen MR) is 92.9 cm³/mol. The zero-order chi connectivity index (χ0) is 16.4. The molecule has 0 radical (unpaired) electrons. The molecule has 2 heterocycles. The highest BCUT2D eigenvalue weighted by Gasteiger charge is 2.18. The molecule has 0 bridgehead atoms. The third-order valence-electron chi connectivity index (χ3n) is 4.82. The van der Waals surface area contributed by atoms with Crippen molar-refractivity contribution in [3.05, 3.63) is 41.2 Å². The minimum Gasteiger partial charge on any atom is -0.381 e. The molecule has 0 atom stereocenters. The quantitative estimate of drug-likeness (QED) is 0.814. The lowest BCUT2D eigenvalue weighted by Gasteiger charge is -2.20. The maximum absolute atomic E-state index is 5.43. The van der Waals surface area contributed by atoms with Gasteiger partial charge in [-0.15, -0.1) is 5.10 Å². The van der Waals surface area contributed by atoms with Crippen LogP contribution in [0.4, 0.5) is 0 Å². The molecular weight excluding hydrogens is 298 g/mol. The average Bonchev–Trinajstić information content (AvgIpc) is 3.32. The van der Waals surface area contributed by atoms with Crippen molar-refractivity contribution in [2.45, 2.75) is 39.0 Å². The van der Waals surface area contributed by atoms with Crippen LogP contribution in [0, 0.1) is 30.6 Å². The SMILES string of the molecule is Cc1cc(C#CC2CC2)ccc1-n1cc(CC2CCOCC2)nn1. The second-order valence-corrected chi connectivity index (χ2v) is 6.96. The highest BCUT2D eigenvalue weighted by atomic mass is 16.5. The number of aryl methyl sites for hydroxylation is 1. The van der Waals surface area contributed by atoms with Crippen LogP contribution in [0.5, 0.6) is 0 Å². The fraction of sp³-hybridized carbons (Fsp3) is 0.500. The summed E-state index contributed by atoms with van der Waals surface area (Å²) in [6, 6.07) is 6.32. The van der Waals surface area contributed by atoms with Gasteiger partial charge in [0, 0.05) is 24.7 Å². The van der Waals surface area contributed by atoms with Gasteiger partial charge in [-0.1, -0.05) is 17.1 Å². The first-order chi connectivity index (χ1) is 11.8. The van der Waals surface area contributed by atoms with Gasteiger partial charge < -0.3 is 4.74 Å². The van der Waals surface area contributed by atoms with Crippen molar-refractivity contribution in [2.75, 3.05) is 13.2 Å². The fourth-order valence-corrected chi connectivity index (χ4v) is 3.16. The van der Waals surface area contributed by atoms with Crippen molar-refractivity contribution in [2.24, 2.45) is 11.8 Å². The van der Waals surface area contributed by atoms with Crippen LogP contribution in [0.3, 0.4) is 0 Å². The largest absolute Gasteiger partial charge is 0.381 e. The molecule has 0 unspecified atom stereocenters. The Labute approximate surface area is 143 Å². The molecular formula is C20H23N3O. The number of hydrogen-bond donors (Lipinski definition) is 0. The molecule has 0 amide bonds. The molecule has 124 valence electrons. The minimum atomic E-state index is 0.632. The van der Waals surface area contributed by atoms with Gasteiger partial charge in [0.05, 0.1) is 17.6 Å². The van der Waals surface area contributed by atoms with Crippen molar-refractivity contribution >= 4 is 0 Å². The lowest BCUT2D eigenvalue weighted by atomic mass is 9.95. The average molecular weight is 321 g/mol. The van der Waals surface area contributed by atoms with E-state index in [0.717, 1.165) is 49.4 Å². The summed E-state index contributed by atoms with van der Waals surface area (Å²) in [5, 5.41) is 8.69. The van der Waals surface area contributed by atoms with E-state index in [2.05, 4.69) is 53.5 Å². The number of ether oxygens (including phenoxy) is 1. The van der Waals surface area contributed by atoms with Crippen molar-refractivity contribution < 1.29 is 4.74 Å². The van der Waals surface area contributed by atoms with Crippen molar-refractivity contribution in [1.82, 2.24) is 15.0 Å². The molecule has 4 heteroatoms. The van der Waals surface area contributed by atoms with Gasteiger partial charge >= 0.3 is 0 Å². The lowest BCUT2D eigenvalue weighted by molar-refractivity contribution is 0.0662. The molecule has 24 heavy (non-hydrogen) atoms. The highest BCUT2D eigenvalue weighted by molar-refractivity contribution is 5.47. The van der Waals surface area contributed by atoms with E-state index in [-0.39, 0.29) is 0 Å². The van der Waals surface area contributed by atoms with Crippen LogP contribution in [-0.2, 0) is 11.2 Å². The van der Waals surface area contributed by atoms with Crippen LogP contribution in [0.2, 0.25) is 0 Å². The summed E-state index contributed by atoms with van der Waals surface area (Å²) in [7, 11) is 0. The summed E-state index contributed by atoms with van der Waals surface area (Å²) in [5.74, 6) is 7.90. The third kappa shape index (κ3) is 3.68. The van der Waals surface area contributed by atoms with E-state index in [1.165, 1.54) is 18.4 Å². The van der Waals surface area contributed by atoms with Gasteiger partial charge in [0.15, 0.2) is 0 Å². The Morgan fingerprint density at radius 3 is 2.79 bits per heavy atom. The maximum Gasteiger partial charge on any atom is 0.0834 e.